The Balaban J connectivity index is 2.00. The Morgan fingerprint density at radius 2 is 1.34 bits per heavy atom. The summed E-state index contributed by atoms with van der Waals surface area (Å²) in [6.45, 7) is 16.1. The van der Waals surface area contributed by atoms with Crippen molar-refractivity contribution in [2.24, 2.45) is 11.3 Å². The van der Waals surface area contributed by atoms with Crippen molar-refractivity contribution in [1.82, 2.24) is 0 Å². The topological polar surface area (TPSA) is 129 Å². The minimum atomic E-state index is -1.38. The van der Waals surface area contributed by atoms with Crippen molar-refractivity contribution in [3.8, 4) is 16.9 Å². The molecule has 0 heterocycles. The highest BCUT2D eigenvalue weighted by Crippen LogP contribution is 2.40. The van der Waals surface area contributed by atoms with E-state index in [1.165, 1.54) is 52.4 Å². The average molecular weight is 779 g/mol. The van der Waals surface area contributed by atoms with E-state index in [4.69, 9.17) is 18.9 Å². The van der Waals surface area contributed by atoms with E-state index in [-0.39, 0.29) is 55.6 Å². The Kier molecular flexibility index (Phi) is 19.0. The van der Waals surface area contributed by atoms with Crippen LogP contribution in [0.2, 0.25) is 0 Å². The fourth-order valence-corrected chi connectivity index (χ4v) is 6.94. The number of rotatable bonds is 24. The third-order valence-electron chi connectivity index (χ3n) is 10.4. The number of aliphatic hydroxyl groups excluding tert-OH is 2. The van der Waals surface area contributed by atoms with E-state index in [2.05, 4.69) is 26.7 Å². The molecule has 2 aromatic rings. The van der Waals surface area contributed by atoms with Gasteiger partial charge in [-0.05, 0) is 124 Å². The second-order valence-electron chi connectivity index (χ2n) is 15.6. The predicted molar refractivity (Wildman–Crippen MR) is 217 cm³/mol. The van der Waals surface area contributed by atoms with E-state index in [0.717, 1.165) is 24.3 Å². The molecule has 0 amide bonds. The number of hydrogen-bond donors (Lipinski definition) is 2. The van der Waals surface area contributed by atoms with Crippen LogP contribution in [0.15, 0.2) is 66.8 Å². The van der Waals surface area contributed by atoms with Crippen LogP contribution in [0.3, 0.4) is 0 Å². The molecule has 0 unspecified atom stereocenters. The summed E-state index contributed by atoms with van der Waals surface area (Å²) in [5, 5.41) is 20.5. The van der Waals surface area contributed by atoms with Crippen molar-refractivity contribution < 1.29 is 47.9 Å². The van der Waals surface area contributed by atoms with Gasteiger partial charge in [0.05, 0.1) is 18.6 Å². The van der Waals surface area contributed by atoms with E-state index in [1.807, 2.05) is 24.3 Å². The predicted octanol–water partition coefficient (Wildman–Crippen LogP) is 8.92. The zero-order valence-corrected chi connectivity index (χ0v) is 34.0. The van der Waals surface area contributed by atoms with Gasteiger partial charge in [-0.15, -0.1) is 0 Å². The number of aliphatic hydroxyl groups is 2. The maximum atomic E-state index is 16.2. The van der Waals surface area contributed by atoms with Crippen molar-refractivity contribution in [2.45, 2.75) is 111 Å². The number of benzene rings is 2. The van der Waals surface area contributed by atoms with Crippen LogP contribution in [0.1, 0.15) is 115 Å². The molecule has 0 atom stereocenters. The number of aryl methyl sites for hydroxylation is 2. The third kappa shape index (κ3) is 14.0. The summed E-state index contributed by atoms with van der Waals surface area (Å²) in [5.41, 5.74) is 2.63. The van der Waals surface area contributed by atoms with Gasteiger partial charge >= 0.3 is 17.9 Å². The third-order valence-corrected chi connectivity index (χ3v) is 10.4. The molecule has 0 saturated heterocycles. The zero-order chi connectivity index (χ0) is 41.3. The van der Waals surface area contributed by atoms with Crippen LogP contribution < -0.4 is 4.74 Å². The van der Waals surface area contributed by atoms with Gasteiger partial charge < -0.3 is 29.2 Å². The fourth-order valence-electron chi connectivity index (χ4n) is 6.94. The van der Waals surface area contributed by atoms with Crippen molar-refractivity contribution in [3.63, 3.8) is 0 Å². The monoisotopic (exact) mass is 778 g/mol. The van der Waals surface area contributed by atoms with E-state index in [9.17, 15) is 24.6 Å². The Morgan fingerprint density at radius 3 is 1.86 bits per heavy atom. The molecule has 9 nitrogen and oxygen atoms in total. The van der Waals surface area contributed by atoms with Crippen LogP contribution in [0.5, 0.6) is 5.75 Å². The lowest BCUT2D eigenvalue weighted by Gasteiger charge is -2.31. The number of unbranched alkanes of at least 4 members (excludes halogenated alkanes) is 2. The molecule has 3 rings (SSSR count). The van der Waals surface area contributed by atoms with Crippen LogP contribution >= 0.6 is 0 Å². The first-order valence-corrected chi connectivity index (χ1v) is 20.0. The van der Waals surface area contributed by atoms with Crippen LogP contribution in [-0.2, 0) is 41.4 Å². The number of halogens is 1. The highest BCUT2D eigenvalue weighted by Gasteiger charge is 2.36. The number of carbonyl (C=O) groups excluding carboxylic acids is 3. The maximum Gasteiger partial charge on any atom is 0.333 e. The number of hydrogen-bond acceptors (Lipinski definition) is 9. The number of carbonyl (C=O) groups is 3. The van der Waals surface area contributed by atoms with Gasteiger partial charge in [0.2, 0.25) is 0 Å². The fraction of sp³-hybridized carbons (Fsp3) is 0.543. The quantitative estimate of drug-likeness (QED) is 0.0465. The van der Waals surface area contributed by atoms with Gasteiger partial charge in [0.25, 0.3) is 0 Å². The lowest BCUT2D eigenvalue weighted by molar-refractivity contribution is -0.153. The lowest BCUT2D eigenvalue weighted by atomic mass is 9.77. The largest absolute Gasteiger partial charge is 0.492 e. The molecule has 0 radical (unpaired) electrons. The zero-order valence-electron chi connectivity index (χ0n) is 34.0. The summed E-state index contributed by atoms with van der Waals surface area (Å²) < 4.78 is 38.9. The van der Waals surface area contributed by atoms with Gasteiger partial charge in [-0.3, -0.25) is 0 Å². The highest BCUT2D eigenvalue weighted by atomic mass is 19.1. The SMILES string of the molecule is C=C(C)C(=O)OCCCc1cc(-c2ccc(C3CCC(CCCCC)CC3)cc2F)cc(CCCO)c1OCC(CO)(COC(=O)C(=C)C)COC(=O)C(=C)C. The van der Waals surface area contributed by atoms with E-state index in [1.54, 1.807) is 13.0 Å². The Hall–Kier alpha value is -4.28. The molecule has 2 N–H and O–H groups in total. The van der Waals surface area contributed by atoms with E-state index < -0.39 is 29.9 Å². The summed E-state index contributed by atoms with van der Waals surface area (Å²) in [5.74, 6) is -0.698. The minimum Gasteiger partial charge on any atom is -0.492 e. The van der Waals surface area contributed by atoms with Gasteiger partial charge in [-0.1, -0.05) is 64.5 Å². The average Bonchev–Trinajstić information content (AvgIpc) is 3.18. The van der Waals surface area contributed by atoms with Gasteiger partial charge in [-0.25, -0.2) is 18.8 Å². The van der Waals surface area contributed by atoms with Gasteiger partial charge in [0, 0.05) is 28.9 Å². The standard InChI is InChI=1S/C46H63FO9/c1-8-9-10-13-34-16-18-35(19-17-34)36-20-21-40(41(47)26-36)39-24-37(14-11-22-48)42(38(25-39)15-12-23-53-43(50)31(2)3)54-28-46(27-49,29-55-44(51)32(4)5)30-56-45(52)33(6)7/h20-21,24-26,34-35,48-49H,2,4,6,8-19,22-23,27-30H2,1,3,5,7H3. The van der Waals surface area contributed by atoms with Gasteiger partial charge in [0.15, 0.2) is 0 Å². The molecule has 1 aliphatic rings. The molecule has 0 bridgehead atoms. The molecule has 1 aliphatic carbocycles. The molecule has 1 fully saturated rings. The van der Waals surface area contributed by atoms with Crippen LogP contribution in [0, 0.1) is 17.2 Å². The Morgan fingerprint density at radius 1 is 0.768 bits per heavy atom. The molecule has 10 heteroatoms. The van der Waals surface area contributed by atoms with Crippen LogP contribution in [-0.4, -0.2) is 67.8 Å². The first-order chi connectivity index (χ1) is 26.7. The molecule has 308 valence electrons. The van der Waals surface area contributed by atoms with Crippen molar-refractivity contribution >= 4 is 17.9 Å². The summed E-state index contributed by atoms with van der Waals surface area (Å²) in [4.78, 5) is 36.9. The smallest absolute Gasteiger partial charge is 0.333 e. The second-order valence-corrected chi connectivity index (χ2v) is 15.6. The van der Waals surface area contributed by atoms with Gasteiger partial charge in [0.1, 0.15) is 31.4 Å². The summed E-state index contributed by atoms with van der Waals surface area (Å²) in [6.07, 6.45) is 11.0. The summed E-state index contributed by atoms with van der Waals surface area (Å²) in [7, 11) is 0. The number of esters is 3. The molecule has 0 aromatic heterocycles. The van der Waals surface area contributed by atoms with Gasteiger partial charge in [-0.2, -0.15) is 0 Å². The van der Waals surface area contributed by atoms with Crippen molar-refractivity contribution in [1.29, 1.82) is 0 Å². The molecule has 0 spiro atoms. The molecular formula is C46H63FO9. The van der Waals surface area contributed by atoms with Crippen LogP contribution in [0.4, 0.5) is 4.39 Å². The summed E-state index contributed by atoms with van der Waals surface area (Å²) in [6, 6.07) is 9.23. The molecule has 56 heavy (non-hydrogen) atoms. The Bertz CT molecular complexity index is 1640. The van der Waals surface area contributed by atoms with Crippen LogP contribution in [0.25, 0.3) is 11.1 Å². The molecular weight excluding hydrogens is 715 g/mol. The number of ether oxygens (including phenoxy) is 4. The van der Waals surface area contributed by atoms with E-state index >= 15 is 4.39 Å². The van der Waals surface area contributed by atoms with Crippen molar-refractivity contribution in [3.05, 3.63) is 89.3 Å². The maximum absolute atomic E-state index is 16.2. The summed E-state index contributed by atoms with van der Waals surface area (Å²) >= 11 is 0. The highest BCUT2D eigenvalue weighted by molar-refractivity contribution is 5.87. The molecule has 1 saturated carbocycles. The first-order valence-electron chi connectivity index (χ1n) is 20.0. The normalized spacial score (nSPS) is 15.5. The molecule has 0 aliphatic heterocycles. The first kappa shape index (κ1) is 46.1. The molecule has 2 aromatic carbocycles. The lowest BCUT2D eigenvalue weighted by Crippen LogP contribution is -2.43. The van der Waals surface area contributed by atoms with Crippen molar-refractivity contribution in [2.75, 3.05) is 39.6 Å². The van der Waals surface area contributed by atoms with E-state index in [0.29, 0.717) is 59.6 Å². The Labute approximate surface area is 333 Å². The minimum absolute atomic E-state index is 0.0968. The second kappa shape index (κ2) is 23.1.